The van der Waals surface area contributed by atoms with Crippen LogP contribution < -0.4 is 15.5 Å². The van der Waals surface area contributed by atoms with Crippen molar-refractivity contribution in [1.29, 1.82) is 0 Å². The van der Waals surface area contributed by atoms with Crippen LogP contribution >= 0.6 is 0 Å². The van der Waals surface area contributed by atoms with E-state index in [9.17, 15) is 19.5 Å². The molecule has 1 aromatic heterocycles. The molecule has 1 aliphatic heterocycles. The molecular formula is C30H41N5O6. The SMILES string of the molecule is CC(C)(C)OC(=O)NCC1CCC(C(=O)N[C@@H](Cc2cccc(-c3cnc(N4CCOCC4)nc3)c2)C(=O)O)CC1. The molecule has 0 bridgehead atoms. The van der Waals surface area contributed by atoms with E-state index in [4.69, 9.17) is 9.47 Å². The molecule has 11 heteroatoms. The van der Waals surface area contributed by atoms with Gasteiger partial charge in [0, 0.05) is 49.9 Å². The van der Waals surface area contributed by atoms with Crippen molar-refractivity contribution < 1.29 is 29.0 Å². The van der Waals surface area contributed by atoms with Gasteiger partial charge in [0.2, 0.25) is 11.9 Å². The first-order chi connectivity index (χ1) is 19.6. The Morgan fingerprint density at radius 3 is 2.39 bits per heavy atom. The molecule has 1 saturated heterocycles. The number of hydrogen-bond acceptors (Lipinski definition) is 8. The van der Waals surface area contributed by atoms with Gasteiger partial charge in [-0.25, -0.2) is 19.6 Å². The number of hydrogen-bond donors (Lipinski definition) is 3. The number of benzene rings is 1. The number of morpholine rings is 1. The number of amides is 2. The predicted molar refractivity (Wildman–Crippen MR) is 153 cm³/mol. The van der Waals surface area contributed by atoms with Gasteiger partial charge in [-0.3, -0.25) is 4.79 Å². The number of carboxylic acids is 1. The molecule has 0 unspecified atom stereocenters. The molecule has 2 fully saturated rings. The predicted octanol–water partition coefficient (Wildman–Crippen LogP) is 3.42. The number of ether oxygens (including phenoxy) is 2. The first-order valence-electron chi connectivity index (χ1n) is 14.3. The molecule has 1 atom stereocenters. The summed E-state index contributed by atoms with van der Waals surface area (Å²) in [5, 5.41) is 15.4. The maximum atomic E-state index is 13.0. The number of carboxylic acid groups (broad SMARTS) is 1. The van der Waals surface area contributed by atoms with Crippen molar-refractivity contribution in [1.82, 2.24) is 20.6 Å². The van der Waals surface area contributed by atoms with E-state index in [-0.39, 0.29) is 24.2 Å². The van der Waals surface area contributed by atoms with Crippen molar-refractivity contribution in [2.24, 2.45) is 11.8 Å². The molecule has 222 valence electrons. The number of anilines is 1. The highest BCUT2D eigenvalue weighted by Crippen LogP contribution is 2.29. The molecule has 2 aliphatic rings. The molecule has 2 amide bonds. The molecule has 4 rings (SSSR count). The number of alkyl carbamates (subject to hydrolysis) is 1. The Balaban J connectivity index is 1.28. The second-order valence-corrected chi connectivity index (χ2v) is 11.8. The molecule has 2 heterocycles. The number of aliphatic carboxylic acids is 1. The average molecular weight is 568 g/mol. The monoisotopic (exact) mass is 567 g/mol. The Morgan fingerprint density at radius 1 is 1.07 bits per heavy atom. The molecular weight excluding hydrogens is 526 g/mol. The van der Waals surface area contributed by atoms with Crippen LogP contribution in [-0.2, 0) is 25.5 Å². The normalized spacial score (nSPS) is 20.1. The van der Waals surface area contributed by atoms with Gasteiger partial charge in [0.25, 0.3) is 0 Å². The minimum Gasteiger partial charge on any atom is -0.480 e. The summed E-state index contributed by atoms with van der Waals surface area (Å²) in [6.07, 6.45) is 6.11. The van der Waals surface area contributed by atoms with Gasteiger partial charge in [-0.1, -0.05) is 24.3 Å². The molecule has 2 aromatic rings. The number of rotatable bonds is 9. The highest BCUT2D eigenvalue weighted by atomic mass is 16.6. The van der Waals surface area contributed by atoms with Gasteiger partial charge >= 0.3 is 12.1 Å². The molecule has 11 nitrogen and oxygen atoms in total. The largest absolute Gasteiger partial charge is 0.480 e. The molecule has 1 aliphatic carbocycles. The summed E-state index contributed by atoms with van der Waals surface area (Å²) in [4.78, 5) is 48.1. The van der Waals surface area contributed by atoms with Crippen LogP contribution in [0, 0.1) is 11.8 Å². The van der Waals surface area contributed by atoms with E-state index in [1.807, 2.05) is 45.0 Å². The van der Waals surface area contributed by atoms with E-state index in [1.165, 1.54) is 0 Å². The third-order valence-electron chi connectivity index (χ3n) is 7.40. The zero-order chi connectivity index (χ0) is 29.4. The van der Waals surface area contributed by atoms with Gasteiger partial charge in [-0.05, 0) is 63.5 Å². The van der Waals surface area contributed by atoms with E-state index >= 15 is 0 Å². The van der Waals surface area contributed by atoms with Crippen molar-refractivity contribution in [3.05, 3.63) is 42.2 Å². The Morgan fingerprint density at radius 2 is 1.76 bits per heavy atom. The van der Waals surface area contributed by atoms with Crippen LogP contribution in [0.4, 0.5) is 10.7 Å². The van der Waals surface area contributed by atoms with Crippen molar-refractivity contribution in [2.45, 2.75) is 64.5 Å². The van der Waals surface area contributed by atoms with Crippen molar-refractivity contribution in [3.63, 3.8) is 0 Å². The average Bonchev–Trinajstić information content (AvgIpc) is 2.96. The van der Waals surface area contributed by atoms with Crippen LogP contribution in [0.1, 0.15) is 52.0 Å². The Labute approximate surface area is 241 Å². The summed E-state index contributed by atoms with van der Waals surface area (Å²) in [6.45, 7) is 8.77. The summed E-state index contributed by atoms with van der Waals surface area (Å²) < 4.78 is 10.7. The summed E-state index contributed by atoms with van der Waals surface area (Å²) in [5.74, 6) is -0.633. The standard InChI is InChI=1S/C30H41N5O6/c1-30(2,3)41-29(39)33-17-20-7-9-22(10-8-20)26(36)34-25(27(37)38)16-21-5-4-6-23(15-21)24-18-31-28(32-19-24)35-11-13-40-14-12-35/h4-6,15,18-20,22,25H,7-14,16-17H2,1-3H3,(H,33,39)(H,34,36)(H,37,38)/t20?,22?,25-/m0/s1. The lowest BCUT2D eigenvalue weighted by Crippen LogP contribution is -2.46. The van der Waals surface area contributed by atoms with Gasteiger partial charge in [0.15, 0.2) is 0 Å². The van der Waals surface area contributed by atoms with E-state index in [1.54, 1.807) is 12.4 Å². The van der Waals surface area contributed by atoms with Crippen molar-refractivity contribution >= 4 is 23.9 Å². The van der Waals surface area contributed by atoms with E-state index in [0.717, 1.165) is 42.6 Å². The fourth-order valence-corrected chi connectivity index (χ4v) is 5.17. The van der Waals surface area contributed by atoms with Crippen LogP contribution in [0.3, 0.4) is 0 Å². The van der Waals surface area contributed by atoms with Crippen LogP contribution in [0.2, 0.25) is 0 Å². The summed E-state index contributed by atoms with van der Waals surface area (Å²) in [5.41, 5.74) is 1.96. The Hall–Kier alpha value is -3.73. The molecule has 1 saturated carbocycles. The van der Waals surface area contributed by atoms with Gasteiger partial charge < -0.3 is 30.1 Å². The molecule has 0 spiro atoms. The lowest BCUT2D eigenvalue weighted by Gasteiger charge is -2.29. The Kier molecular flexibility index (Phi) is 10.1. The third kappa shape index (κ3) is 9.14. The van der Waals surface area contributed by atoms with E-state index < -0.39 is 23.7 Å². The molecule has 41 heavy (non-hydrogen) atoms. The highest BCUT2D eigenvalue weighted by molar-refractivity contribution is 5.85. The summed E-state index contributed by atoms with van der Waals surface area (Å²) >= 11 is 0. The number of carbonyl (C=O) groups is 3. The number of carbonyl (C=O) groups excluding carboxylic acids is 2. The van der Waals surface area contributed by atoms with Gasteiger partial charge in [0.1, 0.15) is 11.6 Å². The lowest BCUT2D eigenvalue weighted by atomic mass is 9.81. The second-order valence-electron chi connectivity index (χ2n) is 11.8. The van der Waals surface area contributed by atoms with Gasteiger partial charge in [-0.2, -0.15) is 0 Å². The van der Waals surface area contributed by atoms with Crippen LogP contribution in [0.25, 0.3) is 11.1 Å². The van der Waals surface area contributed by atoms with Gasteiger partial charge in [0.05, 0.1) is 13.2 Å². The molecule has 1 aromatic carbocycles. The van der Waals surface area contributed by atoms with E-state index in [0.29, 0.717) is 38.5 Å². The zero-order valence-corrected chi connectivity index (χ0v) is 24.1. The summed E-state index contributed by atoms with van der Waals surface area (Å²) in [6, 6.07) is 6.54. The fraction of sp³-hybridized carbons (Fsp3) is 0.567. The van der Waals surface area contributed by atoms with Crippen molar-refractivity contribution in [3.8, 4) is 11.1 Å². The number of nitrogens with zero attached hydrogens (tertiary/aromatic N) is 3. The van der Waals surface area contributed by atoms with Crippen LogP contribution in [0.5, 0.6) is 0 Å². The van der Waals surface area contributed by atoms with Gasteiger partial charge in [-0.15, -0.1) is 0 Å². The number of aromatic nitrogens is 2. The minimum absolute atomic E-state index is 0.163. The maximum Gasteiger partial charge on any atom is 0.407 e. The van der Waals surface area contributed by atoms with Crippen molar-refractivity contribution in [2.75, 3.05) is 37.7 Å². The quantitative estimate of drug-likeness (QED) is 0.415. The minimum atomic E-state index is -1.07. The Bertz CT molecular complexity index is 1180. The first-order valence-corrected chi connectivity index (χ1v) is 14.3. The second kappa shape index (κ2) is 13.8. The highest BCUT2D eigenvalue weighted by Gasteiger charge is 2.30. The summed E-state index contributed by atoms with van der Waals surface area (Å²) in [7, 11) is 0. The van der Waals surface area contributed by atoms with E-state index in [2.05, 4.69) is 25.5 Å². The lowest BCUT2D eigenvalue weighted by molar-refractivity contribution is -0.142. The smallest absolute Gasteiger partial charge is 0.407 e. The molecule has 0 radical (unpaired) electrons. The molecule has 3 N–H and O–H groups in total. The zero-order valence-electron chi connectivity index (χ0n) is 24.1. The topological polar surface area (TPSA) is 143 Å². The third-order valence-corrected chi connectivity index (χ3v) is 7.40. The van der Waals surface area contributed by atoms with Crippen LogP contribution in [-0.4, -0.2) is 77.5 Å². The first kappa shape index (κ1) is 30.2. The number of nitrogens with one attached hydrogen (secondary N) is 2. The maximum absolute atomic E-state index is 13.0. The fourth-order valence-electron chi connectivity index (χ4n) is 5.17. The van der Waals surface area contributed by atoms with Crippen LogP contribution in [0.15, 0.2) is 36.7 Å².